The van der Waals surface area contributed by atoms with Crippen molar-refractivity contribution in [2.24, 2.45) is 18.7 Å². The van der Waals surface area contributed by atoms with Crippen LogP contribution < -0.4 is 10.6 Å². The highest BCUT2D eigenvalue weighted by Crippen LogP contribution is 2.24. The quantitative estimate of drug-likeness (QED) is 0.821. The fraction of sp³-hybridized carbons (Fsp3) is 0.769. The van der Waals surface area contributed by atoms with Gasteiger partial charge in [0.15, 0.2) is 0 Å². The summed E-state index contributed by atoms with van der Waals surface area (Å²) >= 11 is 0. The Morgan fingerprint density at radius 3 is 2.53 bits per heavy atom. The van der Waals surface area contributed by atoms with Crippen LogP contribution >= 0.6 is 0 Å². The molecule has 4 heteroatoms. The van der Waals surface area contributed by atoms with Crippen molar-refractivity contribution in [2.75, 3.05) is 24.5 Å². The van der Waals surface area contributed by atoms with Gasteiger partial charge in [-0.05, 0) is 32.7 Å². The van der Waals surface area contributed by atoms with E-state index in [2.05, 4.69) is 37.7 Å². The van der Waals surface area contributed by atoms with E-state index >= 15 is 0 Å². The topological polar surface area (TPSA) is 47.1 Å². The van der Waals surface area contributed by atoms with E-state index in [0.29, 0.717) is 12.5 Å². The molecular formula is C13H26N4. The molecule has 0 aromatic carbocycles. The second-order valence-electron chi connectivity index (χ2n) is 4.98. The van der Waals surface area contributed by atoms with Crippen LogP contribution in [0.2, 0.25) is 0 Å². The van der Waals surface area contributed by atoms with Crippen LogP contribution in [0.4, 0.5) is 5.82 Å². The lowest BCUT2D eigenvalue weighted by Gasteiger charge is -2.26. The predicted molar refractivity (Wildman–Crippen MR) is 73.4 cm³/mol. The fourth-order valence-electron chi connectivity index (χ4n) is 2.33. The van der Waals surface area contributed by atoms with Crippen molar-refractivity contribution < 1.29 is 0 Å². The molecule has 0 unspecified atom stereocenters. The largest absolute Gasteiger partial charge is 0.357 e. The van der Waals surface area contributed by atoms with Crippen molar-refractivity contribution in [3.05, 3.63) is 11.3 Å². The van der Waals surface area contributed by atoms with Crippen LogP contribution in [-0.2, 0) is 13.5 Å². The number of hydrogen-bond donors (Lipinski definition) is 1. The van der Waals surface area contributed by atoms with Gasteiger partial charge in [0.1, 0.15) is 5.82 Å². The minimum atomic E-state index is 0.649. The molecule has 1 aromatic heterocycles. The number of hydrogen-bond acceptors (Lipinski definition) is 3. The SMILES string of the molecule is CCN(CC(C)C)c1c(CCN)c(C)nn1C. The lowest BCUT2D eigenvalue weighted by molar-refractivity contribution is 0.598. The molecule has 1 aromatic rings. The van der Waals surface area contributed by atoms with E-state index in [-0.39, 0.29) is 0 Å². The van der Waals surface area contributed by atoms with Gasteiger partial charge in [0, 0.05) is 25.7 Å². The maximum Gasteiger partial charge on any atom is 0.130 e. The first kappa shape index (κ1) is 14.0. The van der Waals surface area contributed by atoms with E-state index in [0.717, 1.165) is 25.2 Å². The van der Waals surface area contributed by atoms with Gasteiger partial charge in [0.25, 0.3) is 0 Å². The average Bonchev–Trinajstić information content (AvgIpc) is 2.51. The zero-order valence-electron chi connectivity index (χ0n) is 11.8. The Hall–Kier alpha value is -1.03. The van der Waals surface area contributed by atoms with Crippen LogP contribution in [-0.4, -0.2) is 29.4 Å². The van der Waals surface area contributed by atoms with Crippen LogP contribution in [0.3, 0.4) is 0 Å². The summed E-state index contributed by atoms with van der Waals surface area (Å²) in [4.78, 5) is 2.40. The molecule has 0 spiro atoms. The van der Waals surface area contributed by atoms with E-state index in [9.17, 15) is 0 Å². The number of aryl methyl sites for hydroxylation is 2. The van der Waals surface area contributed by atoms with E-state index in [4.69, 9.17) is 5.73 Å². The lowest BCUT2D eigenvalue weighted by Crippen LogP contribution is -2.30. The Labute approximate surface area is 105 Å². The van der Waals surface area contributed by atoms with Crippen molar-refractivity contribution in [3.63, 3.8) is 0 Å². The van der Waals surface area contributed by atoms with E-state index in [1.807, 2.05) is 11.7 Å². The average molecular weight is 238 g/mol. The monoisotopic (exact) mass is 238 g/mol. The Morgan fingerprint density at radius 1 is 1.41 bits per heavy atom. The van der Waals surface area contributed by atoms with Crippen LogP contribution in [0, 0.1) is 12.8 Å². The normalized spacial score (nSPS) is 11.2. The fourth-order valence-corrected chi connectivity index (χ4v) is 2.33. The van der Waals surface area contributed by atoms with E-state index < -0.39 is 0 Å². The third kappa shape index (κ3) is 3.22. The van der Waals surface area contributed by atoms with Crippen molar-refractivity contribution in [1.29, 1.82) is 0 Å². The molecule has 2 N–H and O–H groups in total. The summed E-state index contributed by atoms with van der Waals surface area (Å²) in [5, 5.41) is 4.53. The molecule has 1 heterocycles. The van der Waals surface area contributed by atoms with Crippen molar-refractivity contribution in [3.8, 4) is 0 Å². The summed E-state index contributed by atoms with van der Waals surface area (Å²) in [6.45, 7) is 11.5. The predicted octanol–water partition coefficient (Wildman–Crippen LogP) is 1.71. The van der Waals surface area contributed by atoms with Gasteiger partial charge < -0.3 is 10.6 Å². The van der Waals surface area contributed by atoms with Gasteiger partial charge in [-0.1, -0.05) is 13.8 Å². The van der Waals surface area contributed by atoms with Crippen LogP contribution in [0.25, 0.3) is 0 Å². The summed E-state index contributed by atoms with van der Waals surface area (Å²) in [5.41, 5.74) is 8.10. The zero-order valence-corrected chi connectivity index (χ0v) is 11.8. The van der Waals surface area contributed by atoms with Gasteiger partial charge >= 0.3 is 0 Å². The molecule has 0 fully saturated rings. The highest BCUT2D eigenvalue weighted by Gasteiger charge is 2.18. The molecule has 1 rings (SSSR count). The molecule has 0 saturated heterocycles. The first-order valence-electron chi connectivity index (χ1n) is 6.48. The second kappa shape index (κ2) is 6.05. The van der Waals surface area contributed by atoms with E-state index in [1.165, 1.54) is 11.4 Å². The van der Waals surface area contributed by atoms with Gasteiger partial charge in [-0.25, -0.2) is 0 Å². The molecule has 0 amide bonds. The van der Waals surface area contributed by atoms with Crippen molar-refractivity contribution in [2.45, 2.75) is 34.1 Å². The Morgan fingerprint density at radius 2 is 2.06 bits per heavy atom. The molecule has 98 valence electrons. The summed E-state index contributed by atoms with van der Waals surface area (Å²) < 4.78 is 1.99. The summed E-state index contributed by atoms with van der Waals surface area (Å²) in [7, 11) is 2.02. The highest BCUT2D eigenvalue weighted by atomic mass is 15.4. The smallest absolute Gasteiger partial charge is 0.130 e. The van der Waals surface area contributed by atoms with E-state index in [1.54, 1.807) is 0 Å². The molecule has 0 aliphatic rings. The number of anilines is 1. The van der Waals surface area contributed by atoms with Gasteiger partial charge in [-0.15, -0.1) is 0 Å². The number of rotatable bonds is 6. The summed E-state index contributed by atoms with van der Waals surface area (Å²) in [6, 6.07) is 0. The Balaban J connectivity index is 3.08. The Kier molecular flexibility index (Phi) is 5.00. The zero-order chi connectivity index (χ0) is 13.0. The third-order valence-electron chi connectivity index (χ3n) is 2.97. The third-order valence-corrected chi connectivity index (χ3v) is 2.97. The number of nitrogens with zero attached hydrogens (tertiary/aromatic N) is 3. The second-order valence-corrected chi connectivity index (χ2v) is 4.98. The lowest BCUT2D eigenvalue weighted by atomic mass is 10.1. The molecule has 0 radical (unpaired) electrons. The maximum absolute atomic E-state index is 5.69. The molecule has 0 saturated carbocycles. The maximum atomic E-state index is 5.69. The van der Waals surface area contributed by atoms with Gasteiger partial charge in [-0.2, -0.15) is 5.10 Å². The highest BCUT2D eigenvalue weighted by molar-refractivity contribution is 5.50. The molecule has 0 atom stereocenters. The van der Waals surface area contributed by atoms with Crippen LogP contribution in [0.1, 0.15) is 32.0 Å². The minimum absolute atomic E-state index is 0.649. The molecule has 0 aliphatic heterocycles. The molecular weight excluding hydrogens is 212 g/mol. The molecule has 0 aliphatic carbocycles. The Bertz CT molecular complexity index is 355. The van der Waals surface area contributed by atoms with Gasteiger partial charge in [0.2, 0.25) is 0 Å². The number of aromatic nitrogens is 2. The van der Waals surface area contributed by atoms with Crippen molar-refractivity contribution in [1.82, 2.24) is 9.78 Å². The first-order chi connectivity index (χ1) is 8.01. The van der Waals surface area contributed by atoms with Gasteiger partial charge in [-0.3, -0.25) is 4.68 Å². The van der Waals surface area contributed by atoms with Crippen LogP contribution in [0.5, 0.6) is 0 Å². The first-order valence-corrected chi connectivity index (χ1v) is 6.48. The van der Waals surface area contributed by atoms with Gasteiger partial charge in [0.05, 0.1) is 5.69 Å². The standard InChI is InChI=1S/C13H26N4/c1-6-17(9-10(2)3)13-12(7-8-14)11(4)15-16(13)5/h10H,6-9,14H2,1-5H3. The minimum Gasteiger partial charge on any atom is -0.357 e. The molecule has 17 heavy (non-hydrogen) atoms. The number of nitrogens with two attached hydrogens (primary N) is 1. The molecule has 0 bridgehead atoms. The van der Waals surface area contributed by atoms with Crippen LogP contribution in [0.15, 0.2) is 0 Å². The summed E-state index contributed by atoms with van der Waals surface area (Å²) in [5.74, 6) is 1.89. The summed E-state index contributed by atoms with van der Waals surface area (Å²) in [6.07, 6.45) is 0.906. The molecule has 4 nitrogen and oxygen atoms in total. The van der Waals surface area contributed by atoms with Crippen molar-refractivity contribution >= 4 is 5.82 Å².